The molecule has 30 heavy (non-hydrogen) atoms. The van der Waals surface area contributed by atoms with Gasteiger partial charge in [0.25, 0.3) is 0 Å². The fraction of sp³-hybridized carbons (Fsp3) is 0.846. The Morgan fingerprint density at radius 1 is 1.07 bits per heavy atom. The van der Waals surface area contributed by atoms with Gasteiger partial charge in [-0.15, -0.1) is 0 Å². The summed E-state index contributed by atoms with van der Waals surface area (Å²) < 4.78 is 5.91. The van der Waals surface area contributed by atoms with E-state index in [0.29, 0.717) is 23.5 Å². The molecule has 0 amide bonds. The molecule has 3 fully saturated rings. The lowest BCUT2D eigenvalue weighted by atomic mass is 9.46. The maximum absolute atomic E-state index is 12.5. The number of carbonyl (C=O) groups is 2. The lowest BCUT2D eigenvalue weighted by Crippen LogP contribution is -2.51. The molecule has 6 unspecified atom stereocenters. The van der Waals surface area contributed by atoms with Crippen molar-refractivity contribution in [3.8, 4) is 0 Å². The van der Waals surface area contributed by atoms with E-state index in [9.17, 15) is 9.59 Å². The number of ether oxygens (including phenoxy) is 1. The van der Waals surface area contributed by atoms with Crippen molar-refractivity contribution in [3.05, 3.63) is 11.6 Å². The summed E-state index contributed by atoms with van der Waals surface area (Å²) in [5.41, 5.74) is 7.94. The lowest BCUT2D eigenvalue weighted by Gasteiger charge is -2.58. The second-order valence-corrected chi connectivity index (χ2v) is 11.6. The fourth-order valence-electron chi connectivity index (χ4n) is 7.99. The van der Waals surface area contributed by atoms with Crippen molar-refractivity contribution in [1.82, 2.24) is 0 Å². The second-order valence-electron chi connectivity index (χ2n) is 11.6. The number of hydrogen-bond acceptors (Lipinski definition) is 4. The van der Waals surface area contributed by atoms with Gasteiger partial charge in [-0.05, 0) is 92.4 Å². The minimum Gasteiger partial charge on any atom is -0.461 e. The summed E-state index contributed by atoms with van der Waals surface area (Å²) in [6.07, 6.45) is 10.8. The van der Waals surface area contributed by atoms with Gasteiger partial charge in [-0.2, -0.15) is 0 Å². The van der Waals surface area contributed by atoms with Crippen LogP contribution in [-0.4, -0.2) is 23.9 Å². The first kappa shape index (κ1) is 22.0. The van der Waals surface area contributed by atoms with Gasteiger partial charge in [-0.25, -0.2) is 0 Å². The predicted octanol–water partition coefficient (Wildman–Crippen LogP) is 5.05. The molecule has 0 aromatic rings. The molecule has 0 heterocycles. The van der Waals surface area contributed by atoms with Crippen LogP contribution in [0.1, 0.15) is 86.0 Å². The highest BCUT2D eigenvalue weighted by Gasteiger charge is 2.60. The van der Waals surface area contributed by atoms with Crippen molar-refractivity contribution >= 4 is 11.8 Å². The lowest BCUT2D eigenvalue weighted by molar-refractivity contribution is -0.157. The molecule has 0 aliphatic heterocycles. The summed E-state index contributed by atoms with van der Waals surface area (Å²) in [6, 6.07) is -0.536. The molecule has 2 N–H and O–H groups in total. The first-order chi connectivity index (χ1) is 14.1. The van der Waals surface area contributed by atoms with Crippen molar-refractivity contribution in [2.45, 2.75) is 98.1 Å². The largest absolute Gasteiger partial charge is 0.461 e. The normalized spacial score (nSPS) is 42.6. The van der Waals surface area contributed by atoms with Crippen LogP contribution >= 0.6 is 0 Å². The Balaban J connectivity index is 1.51. The summed E-state index contributed by atoms with van der Waals surface area (Å²) in [6.45, 7) is 10.9. The molecule has 168 valence electrons. The standard InChI is InChI=1S/C26H41NO3/c1-15(2)23(27)24(29)30-16(3)20-8-9-21-19-7-6-17-14-18(28)10-12-25(17,4)22(19)11-13-26(20,21)5/h14-16,19-23H,6-13,27H2,1-5H3/t16?,19?,20-,21?,22?,23+,25?,26?/m1/s1. The molecule has 4 heteroatoms. The van der Waals surface area contributed by atoms with E-state index in [1.807, 2.05) is 19.9 Å². The SMILES string of the molecule is CC(C)[C@H](N)C(=O)OC(C)[C@H]1CCC2C3CCC4=CC(=O)CCC4(C)C3CCC21C. The zero-order valence-corrected chi connectivity index (χ0v) is 19.6. The number of carbonyl (C=O) groups excluding carboxylic acids is 2. The maximum atomic E-state index is 12.5. The van der Waals surface area contributed by atoms with Crippen molar-refractivity contribution in [3.63, 3.8) is 0 Å². The zero-order chi connectivity index (χ0) is 21.8. The van der Waals surface area contributed by atoms with E-state index in [1.54, 1.807) is 0 Å². The van der Waals surface area contributed by atoms with Gasteiger partial charge in [0.15, 0.2) is 5.78 Å². The number of rotatable bonds is 4. The summed E-state index contributed by atoms with van der Waals surface area (Å²) in [5, 5.41) is 0. The van der Waals surface area contributed by atoms with Gasteiger partial charge in [0.1, 0.15) is 12.1 Å². The van der Waals surface area contributed by atoms with Crippen LogP contribution in [0.15, 0.2) is 11.6 Å². The molecular formula is C26H41NO3. The Hall–Kier alpha value is -1.16. The van der Waals surface area contributed by atoms with Crippen molar-refractivity contribution in [2.24, 2.45) is 46.2 Å². The molecule has 8 atom stereocenters. The maximum Gasteiger partial charge on any atom is 0.323 e. The third-order valence-electron chi connectivity index (χ3n) is 9.89. The van der Waals surface area contributed by atoms with Crippen LogP contribution in [0.2, 0.25) is 0 Å². The van der Waals surface area contributed by atoms with Crippen LogP contribution in [0.4, 0.5) is 0 Å². The molecule has 4 aliphatic carbocycles. The Labute approximate surface area is 182 Å². The van der Waals surface area contributed by atoms with Crippen LogP contribution in [0, 0.1) is 40.4 Å². The van der Waals surface area contributed by atoms with Crippen LogP contribution in [-0.2, 0) is 14.3 Å². The second kappa shape index (κ2) is 7.76. The topological polar surface area (TPSA) is 69.4 Å². The number of fused-ring (bicyclic) bond motifs is 5. The van der Waals surface area contributed by atoms with Gasteiger partial charge in [0, 0.05) is 12.3 Å². The molecule has 0 aromatic carbocycles. The van der Waals surface area contributed by atoms with E-state index in [4.69, 9.17) is 10.5 Å². The third-order valence-corrected chi connectivity index (χ3v) is 9.89. The van der Waals surface area contributed by atoms with Crippen LogP contribution in [0.25, 0.3) is 0 Å². The first-order valence-electron chi connectivity index (χ1n) is 12.3. The molecule has 0 spiro atoms. The van der Waals surface area contributed by atoms with Crippen LogP contribution in [0.3, 0.4) is 0 Å². The zero-order valence-electron chi connectivity index (χ0n) is 19.6. The Kier molecular flexibility index (Phi) is 5.70. The van der Waals surface area contributed by atoms with Gasteiger partial charge in [0.2, 0.25) is 0 Å². The average molecular weight is 416 g/mol. The average Bonchev–Trinajstić information content (AvgIpc) is 3.05. The molecule has 4 nitrogen and oxygen atoms in total. The minimum absolute atomic E-state index is 0.0733. The smallest absolute Gasteiger partial charge is 0.323 e. The van der Waals surface area contributed by atoms with E-state index in [1.165, 1.54) is 31.3 Å². The number of ketones is 1. The van der Waals surface area contributed by atoms with Crippen molar-refractivity contribution < 1.29 is 14.3 Å². The van der Waals surface area contributed by atoms with Gasteiger partial charge in [-0.1, -0.05) is 33.3 Å². The summed E-state index contributed by atoms with van der Waals surface area (Å²) in [4.78, 5) is 24.5. The first-order valence-corrected chi connectivity index (χ1v) is 12.3. The monoisotopic (exact) mass is 415 g/mol. The Morgan fingerprint density at radius 3 is 2.50 bits per heavy atom. The van der Waals surface area contributed by atoms with Gasteiger partial charge < -0.3 is 10.5 Å². The number of esters is 1. The molecular weight excluding hydrogens is 374 g/mol. The molecule has 3 saturated carbocycles. The molecule has 4 aliphatic rings. The van der Waals surface area contributed by atoms with Crippen LogP contribution < -0.4 is 5.73 Å². The van der Waals surface area contributed by atoms with E-state index in [2.05, 4.69) is 20.8 Å². The highest BCUT2D eigenvalue weighted by Crippen LogP contribution is 2.67. The molecule has 0 radical (unpaired) electrons. The molecule has 4 rings (SSSR count). The summed E-state index contributed by atoms with van der Waals surface area (Å²) in [7, 11) is 0. The van der Waals surface area contributed by atoms with E-state index in [-0.39, 0.29) is 28.8 Å². The highest BCUT2D eigenvalue weighted by atomic mass is 16.5. The van der Waals surface area contributed by atoms with E-state index in [0.717, 1.165) is 31.6 Å². The predicted molar refractivity (Wildman–Crippen MR) is 119 cm³/mol. The van der Waals surface area contributed by atoms with Gasteiger partial charge >= 0.3 is 5.97 Å². The number of nitrogens with two attached hydrogens (primary N) is 1. The molecule has 0 aromatic heterocycles. The minimum atomic E-state index is -0.536. The Morgan fingerprint density at radius 2 is 1.80 bits per heavy atom. The molecule has 0 saturated heterocycles. The van der Waals surface area contributed by atoms with Crippen LogP contribution in [0.5, 0.6) is 0 Å². The summed E-state index contributed by atoms with van der Waals surface area (Å²) >= 11 is 0. The van der Waals surface area contributed by atoms with Gasteiger partial charge in [0.05, 0.1) is 0 Å². The highest BCUT2D eigenvalue weighted by molar-refractivity contribution is 5.91. The number of hydrogen-bond donors (Lipinski definition) is 1. The van der Waals surface area contributed by atoms with E-state index >= 15 is 0 Å². The molecule has 0 bridgehead atoms. The Bertz CT molecular complexity index is 743. The van der Waals surface area contributed by atoms with Gasteiger partial charge in [-0.3, -0.25) is 9.59 Å². The quantitative estimate of drug-likeness (QED) is 0.652. The van der Waals surface area contributed by atoms with Crippen molar-refractivity contribution in [2.75, 3.05) is 0 Å². The number of allylic oxidation sites excluding steroid dienone is 1. The fourth-order valence-corrected chi connectivity index (χ4v) is 7.99. The third kappa shape index (κ3) is 3.38. The summed E-state index contributed by atoms with van der Waals surface area (Å²) in [5.74, 6) is 2.75. The van der Waals surface area contributed by atoms with E-state index < -0.39 is 6.04 Å². The van der Waals surface area contributed by atoms with Crippen molar-refractivity contribution in [1.29, 1.82) is 0 Å².